The number of aromatic nitrogens is 1. The first-order valence-electron chi connectivity index (χ1n) is 13.4. The van der Waals surface area contributed by atoms with Crippen molar-refractivity contribution in [1.29, 1.82) is 0 Å². The maximum atomic E-state index is 13.7. The predicted molar refractivity (Wildman–Crippen MR) is 152 cm³/mol. The van der Waals surface area contributed by atoms with E-state index in [-0.39, 0.29) is 11.8 Å². The quantitative estimate of drug-likeness (QED) is 0.302. The Hall–Kier alpha value is -3.77. The maximum Gasteiger partial charge on any atom is 0.223 e. The molecule has 3 aromatic carbocycles. The van der Waals surface area contributed by atoms with E-state index in [9.17, 15) is 4.79 Å². The van der Waals surface area contributed by atoms with Crippen molar-refractivity contribution in [1.82, 2.24) is 14.4 Å². The third kappa shape index (κ3) is 5.41. The summed E-state index contributed by atoms with van der Waals surface area (Å²) in [5, 5.41) is 1.17. The first kappa shape index (κ1) is 25.9. The van der Waals surface area contributed by atoms with Crippen molar-refractivity contribution < 1.29 is 14.3 Å². The van der Waals surface area contributed by atoms with Crippen LogP contribution in [-0.2, 0) is 11.3 Å². The summed E-state index contributed by atoms with van der Waals surface area (Å²) in [5.41, 5.74) is 4.61. The van der Waals surface area contributed by atoms with Gasteiger partial charge in [0, 0.05) is 62.2 Å². The molecule has 0 radical (unpaired) electrons. The number of nitrogens with zero attached hydrogens (tertiary/aromatic N) is 3. The van der Waals surface area contributed by atoms with E-state index in [1.807, 2.05) is 23.1 Å². The van der Waals surface area contributed by atoms with Crippen LogP contribution in [-0.4, -0.2) is 67.2 Å². The molecule has 0 unspecified atom stereocenters. The molecule has 1 aliphatic rings. The number of carbonyl (C=O) groups excluding carboxylic acids is 1. The van der Waals surface area contributed by atoms with E-state index >= 15 is 0 Å². The molecule has 6 nitrogen and oxygen atoms in total. The van der Waals surface area contributed by atoms with E-state index in [1.54, 1.807) is 14.2 Å². The van der Waals surface area contributed by atoms with E-state index in [4.69, 9.17) is 9.47 Å². The van der Waals surface area contributed by atoms with Crippen molar-refractivity contribution in [2.24, 2.45) is 0 Å². The minimum Gasteiger partial charge on any atom is -0.493 e. The Morgan fingerprint density at radius 2 is 1.58 bits per heavy atom. The summed E-state index contributed by atoms with van der Waals surface area (Å²) in [7, 11) is 3.30. The molecule has 0 saturated carbocycles. The molecule has 1 amide bonds. The number of benzene rings is 3. The van der Waals surface area contributed by atoms with Crippen LogP contribution < -0.4 is 9.47 Å². The van der Waals surface area contributed by atoms with Crippen LogP contribution in [0.15, 0.2) is 79.0 Å². The number of piperazine rings is 1. The van der Waals surface area contributed by atoms with Crippen molar-refractivity contribution in [3.63, 3.8) is 0 Å². The predicted octanol–water partition coefficient (Wildman–Crippen LogP) is 5.39. The molecule has 5 rings (SSSR count). The van der Waals surface area contributed by atoms with Gasteiger partial charge in [-0.25, -0.2) is 0 Å². The molecule has 38 heavy (non-hydrogen) atoms. The van der Waals surface area contributed by atoms with E-state index in [0.29, 0.717) is 17.9 Å². The van der Waals surface area contributed by atoms with Crippen LogP contribution in [0.1, 0.15) is 36.0 Å². The normalized spacial score (nSPS) is 15.0. The van der Waals surface area contributed by atoms with Crippen molar-refractivity contribution in [3.05, 3.63) is 95.7 Å². The van der Waals surface area contributed by atoms with Gasteiger partial charge in [0.1, 0.15) is 0 Å². The van der Waals surface area contributed by atoms with Crippen LogP contribution in [0.2, 0.25) is 0 Å². The lowest BCUT2D eigenvalue weighted by atomic mass is 9.87. The Morgan fingerprint density at radius 1 is 0.868 bits per heavy atom. The Balaban J connectivity index is 1.55. The number of hydrogen-bond acceptors (Lipinski definition) is 4. The third-order valence-electron chi connectivity index (χ3n) is 7.75. The highest BCUT2D eigenvalue weighted by atomic mass is 16.5. The van der Waals surface area contributed by atoms with Gasteiger partial charge < -0.3 is 23.8 Å². The van der Waals surface area contributed by atoms with Crippen LogP contribution in [0, 0.1) is 0 Å². The molecular formula is C32H37N3O3. The minimum atomic E-state index is -0.117. The second-order valence-corrected chi connectivity index (χ2v) is 9.90. The largest absolute Gasteiger partial charge is 0.493 e. The molecule has 0 aliphatic carbocycles. The molecule has 1 aliphatic heterocycles. The van der Waals surface area contributed by atoms with Gasteiger partial charge in [-0.05, 0) is 41.4 Å². The van der Waals surface area contributed by atoms with Crippen molar-refractivity contribution in [2.75, 3.05) is 46.9 Å². The van der Waals surface area contributed by atoms with Crippen molar-refractivity contribution in [2.45, 2.75) is 25.8 Å². The SMILES string of the molecule is CCN1CCN(C(=O)C[C@@H](c2ccc(OC)c(OC)c2)c2cn(Cc3ccccc3)c3ccccc23)CC1. The van der Waals surface area contributed by atoms with E-state index in [1.165, 1.54) is 16.5 Å². The molecule has 1 aromatic heterocycles. The zero-order chi connectivity index (χ0) is 26.5. The monoisotopic (exact) mass is 511 g/mol. The lowest BCUT2D eigenvalue weighted by molar-refractivity contribution is -0.133. The Labute approximate surface area is 225 Å². The number of fused-ring (bicyclic) bond motifs is 1. The number of likely N-dealkylation sites (N-methyl/N-ethyl adjacent to an activating group) is 1. The molecule has 1 atom stereocenters. The van der Waals surface area contributed by atoms with Gasteiger partial charge >= 0.3 is 0 Å². The van der Waals surface area contributed by atoms with Crippen LogP contribution in [0.3, 0.4) is 0 Å². The second kappa shape index (κ2) is 11.7. The van der Waals surface area contributed by atoms with Gasteiger partial charge in [-0.2, -0.15) is 0 Å². The van der Waals surface area contributed by atoms with Gasteiger partial charge in [-0.15, -0.1) is 0 Å². The van der Waals surface area contributed by atoms with Gasteiger partial charge in [0.15, 0.2) is 11.5 Å². The highest BCUT2D eigenvalue weighted by Crippen LogP contribution is 2.39. The zero-order valence-electron chi connectivity index (χ0n) is 22.6. The molecule has 4 aromatic rings. The maximum absolute atomic E-state index is 13.7. The molecule has 198 valence electrons. The summed E-state index contributed by atoms with van der Waals surface area (Å²) in [5.74, 6) is 1.43. The fourth-order valence-corrected chi connectivity index (χ4v) is 5.56. The molecule has 1 fully saturated rings. The minimum absolute atomic E-state index is 0.117. The number of rotatable bonds is 9. The van der Waals surface area contributed by atoms with Crippen LogP contribution in [0.25, 0.3) is 10.9 Å². The standard InChI is InChI=1S/C32H37N3O3/c1-4-33-16-18-34(19-17-33)32(36)21-27(25-14-15-30(37-2)31(20-25)38-3)28-23-35(22-24-10-6-5-7-11-24)29-13-9-8-12-26(28)29/h5-15,20,23,27H,4,16-19,21-22H2,1-3H3/t27-/m0/s1. The summed E-state index contributed by atoms with van der Waals surface area (Å²) in [6.45, 7) is 7.39. The fourth-order valence-electron chi connectivity index (χ4n) is 5.56. The summed E-state index contributed by atoms with van der Waals surface area (Å²) in [6, 6.07) is 25.0. The number of ether oxygens (including phenoxy) is 2. The van der Waals surface area contributed by atoms with Gasteiger partial charge in [-0.1, -0.05) is 61.5 Å². The molecule has 0 bridgehead atoms. The first-order valence-corrected chi connectivity index (χ1v) is 13.4. The van der Waals surface area contributed by atoms with Gasteiger partial charge in [0.25, 0.3) is 0 Å². The Bertz CT molecular complexity index is 1370. The highest BCUT2D eigenvalue weighted by molar-refractivity contribution is 5.87. The lowest BCUT2D eigenvalue weighted by Gasteiger charge is -2.35. The Kier molecular flexibility index (Phi) is 7.99. The van der Waals surface area contributed by atoms with E-state index in [2.05, 4.69) is 77.2 Å². The number of amides is 1. The van der Waals surface area contributed by atoms with E-state index < -0.39 is 0 Å². The highest BCUT2D eigenvalue weighted by Gasteiger charge is 2.28. The molecule has 2 heterocycles. The molecular weight excluding hydrogens is 474 g/mol. The summed E-state index contributed by atoms with van der Waals surface area (Å²) in [4.78, 5) is 18.1. The molecule has 1 saturated heterocycles. The number of carbonyl (C=O) groups is 1. The van der Waals surface area contributed by atoms with Crippen LogP contribution in [0.5, 0.6) is 11.5 Å². The Morgan fingerprint density at radius 3 is 2.29 bits per heavy atom. The van der Waals surface area contributed by atoms with Crippen LogP contribution >= 0.6 is 0 Å². The van der Waals surface area contributed by atoms with Gasteiger partial charge in [0.2, 0.25) is 5.91 Å². The fraction of sp³-hybridized carbons (Fsp3) is 0.344. The average molecular weight is 512 g/mol. The summed E-state index contributed by atoms with van der Waals surface area (Å²) in [6.07, 6.45) is 2.64. The van der Waals surface area contributed by atoms with Crippen molar-refractivity contribution >= 4 is 16.8 Å². The van der Waals surface area contributed by atoms with Crippen LogP contribution in [0.4, 0.5) is 0 Å². The number of para-hydroxylation sites is 1. The average Bonchev–Trinajstić information content (AvgIpc) is 3.33. The molecule has 0 N–H and O–H groups in total. The smallest absolute Gasteiger partial charge is 0.223 e. The lowest BCUT2D eigenvalue weighted by Crippen LogP contribution is -2.48. The molecule has 0 spiro atoms. The third-order valence-corrected chi connectivity index (χ3v) is 7.75. The van der Waals surface area contributed by atoms with Crippen molar-refractivity contribution in [3.8, 4) is 11.5 Å². The second-order valence-electron chi connectivity index (χ2n) is 9.90. The van der Waals surface area contributed by atoms with Gasteiger partial charge in [0.05, 0.1) is 14.2 Å². The molecule has 6 heteroatoms. The van der Waals surface area contributed by atoms with Gasteiger partial charge in [-0.3, -0.25) is 4.79 Å². The number of methoxy groups -OCH3 is 2. The van der Waals surface area contributed by atoms with E-state index in [0.717, 1.165) is 50.4 Å². The topological polar surface area (TPSA) is 46.9 Å². The number of hydrogen-bond donors (Lipinski definition) is 0. The zero-order valence-corrected chi connectivity index (χ0v) is 22.6. The summed E-state index contributed by atoms with van der Waals surface area (Å²) < 4.78 is 13.5. The summed E-state index contributed by atoms with van der Waals surface area (Å²) >= 11 is 0. The first-order chi connectivity index (χ1) is 18.6.